The van der Waals surface area contributed by atoms with E-state index in [0.717, 1.165) is 0 Å². The molecule has 0 aliphatic carbocycles. The topological polar surface area (TPSA) is 57.9 Å². The summed E-state index contributed by atoms with van der Waals surface area (Å²) in [7, 11) is 0.606. The molecule has 0 aliphatic rings. The standard InChI is InChI=1S/C9H4Cl2F3NO2S/c10-3-7-5(4-15)1-6(9(12,13)14)2-8(7)18(11,16)17/h1-2H,3H2. The summed E-state index contributed by atoms with van der Waals surface area (Å²) < 4.78 is 60.0. The first-order valence-electron chi connectivity index (χ1n) is 4.26. The summed E-state index contributed by atoms with van der Waals surface area (Å²) in [4.78, 5) is -0.800. The Bertz CT molecular complexity index is 620. The van der Waals surface area contributed by atoms with Crippen LogP contribution in [0.15, 0.2) is 17.0 Å². The quantitative estimate of drug-likeness (QED) is 0.621. The monoisotopic (exact) mass is 317 g/mol. The molecule has 0 spiro atoms. The number of benzene rings is 1. The summed E-state index contributed by atoms with van der Waals surface area (Å²) in [6.07, 6.45) is -4.78. The Kier molecular flexibility index (Phi) is 4.15. The first-order chi connectivity index (χ1) is 8.11. The van der Waals surface area contributed by atoms with Gasteiger partial charge in [-0.2, -0.15) is 18.4 Å². The van der Waals surface area contributed by atoms with Gasteiger partial charge >= 0.3 is 6.18 Å². The first kappa shape index (κ1) is 15.1. The summed E-state index contributed by atoms with van der Waals surface area (Å²) in [5.41, 5.74) is -1.99. The van der Waals surface area contributed by atoms with Gasteiger partial charge in [0.25, 0.3) is 9.05 Å². The van der Waals surface area contributed by atoms with Crippen LogP contribution in [0.3, 0.4) is 0 Å². The van der Waals surface area contributed by atoms with Crippen LogP contribution in [-0.4, -0.2) is 8.42 Å². The molecule has 0 atom stereocenters. The van der Waals surface area contributed by atoms with Gasteiger partial charge in [-0.25, -0.2) is 8.42 Å². The minimum absolute atomic E-state index is 0.248. The van der Waals surface area contributed by atoms with E-state index in [2.05, 4.69) is 0 Å². The zero-order chi connectivity index (χ0) is 14.1. The van der Waals surface area contributed by atoms with Crippen LogP contribution in [0.25, 0.3) is 0 Å². The summed E-state index contributed by atoms with van der Waals surface area (Å²) in [6, 6.07) is 2.36. The highest BCUT2D eigenvalue weighted by Gasteiger charge is 2.34. The fraction of sp³-hybridized carbons (Fsp3) is 0.222. The summed E-state index contributed by atoms with van der Waals surface area (Å²) in [5, 5.41) is 8.72. The highest BCUT2D eigenvalue weighted by atomic mass is 35.7. The van der Waals surface area contributed by atoms with Crippen LogP contribution >= 0.6 is 22.3 Å². The van der Waals surface area contributed by atoms with Crippen molar-refractivity contribution in [3.05, 3.63) is 28.8 Å². The third kappa shape index (κ3) is 3.07. The lowest BCUT2D eigenvalue weighted by Gasteiger charge is -2.12. The van der Waals surface area contributed by atoms with Crippen LogP contribution in [0.4, 0.5) is 13.2 Å². The van der Waals surface area contributed by atoms with Gasteiger partial charge in [0.05, 0.1) is 28.0 Å². The number of halogens is 5. The lowest BCUT2D eigenvalue weighted by atomic mass is 10.1. The van der Waals surface area contributed by atoms with Gasteiger partial charge in [-0.05, 0) is 12.1 Å². The Morgan fingerprint density at radius 3 is 2.22 bits per heavy atom. The minimum Gasteiger partial charge on any atom is -0.207 e. The van der Waals surface area contributed by atoms with Gasteiger partial charge in [0.15, 0.2) is 0 Å². The molecular formula is C9H4Cl2F3NO2S. The Hall–Kier alpha value is -0.970. The normalized spacial score (nSPS) is 12.2. The molecule has 0 saturated heterocycles. The molecule has 0 bridgehead atoms. The van der Waals surface area contributed by atoms with E-state index in [-0.39, 0.29) is 5.56 Å². The maximum atomic E-state index is 12.5. The molecule has 0 N–H and O–H groups in total. The van der Waals surface area contributed by atoms with Crippen LogP contribution in [0.2, 0.25) is 0 Å². The number of nitriles is 1. The van der Waals surface area contributed by atoms with Crippen molar-refractivity contribution in [1.29, 1.82) is 5.26 Å². The highest BCUT2D eigenvalue weighted by Crippen LogP contribution is 2.35. The summed E-state index contributed by atoms with van der Waals surface area (Å²) in [6.45, 7) is 0. The van der Waals surface area contributed by atoms with Crippen molar-refractivity contribution in [3.63, 3.8) is 0 Å². The molecule has 0 amide bonds. The molecule has 0 aromatic heterocycles. The van der Waals surface area contributed by atoms with Crippen molar-refractivity contribution in [2.45, 2.75) is 17.0 Å². The first-order valence-corrected chi connectivity index (χ1v) is 7.10. The zero-order valence-corrected chi connectivity index (χ0v) is 10.8. The molecule has 1 aromatic rings. The molecule has 9 heteroatoms. The second kappa shape index (κ2) is 4.96. The predicted molar refractivity (Wildman–Crippen MR) is 58.8 cm³/mol. The number of hydrogen-bond donors (Lipinski definition) is 0. The van der Waals surface area contributed by atoms with Crippen LogP contribution in [0.1, 0.15) is 16.7 Å². The van der Waals surface area contributed by atoms with Crippen molar-refractivity contribution >= 4 is 31.3 Å². The summed E-state index contributed by atoms with van der Waals surface area (Å²) >= 11 is 5.43. The number of nitrogens with zero attached hydrogens (tertiary/aromatic N) is 1. The second-order valence-corrected chi connectivity index (χ2v) is 5.98. The number of rotatable bonds is 2. The van der Waals surface area contributed by atoms with E-state index >= 15 is 0 Å². The van der Waals surface area contributed by atoms with E-state index in [1.165, 1.54) is 6.07 Å². The zero-order valence-electron chi connectivity index (χ0n) is 8.42. The fourth-order valence-electron chi connectivity index (χ4n) is 1.26. The molecular weight excluding hydrogens is 314 g/mol. The Balaban J connectivity index is 3.75. The second-order valence-electron chi connectivity index (χ2n) is 3.18. The van der Waals surface area contributed by atoms with Crippen LogP contribution < -0.4 is 0 Å². The third-order valence-corrected chi connectivity index (χ3v) is 3.71. The van der Waals surface area contributed by atoms with Crippen LogP contribution in [0.5, 0.6) is 0 Å². The van der Waals surface area contributed by atoms with E-state index in [4.69, 9.17) is 27.5 Å². The van der Waals surface area contributed by atoms with Gasteiger partial charge in [-0.1, -0.05) is 0 Å². The molecule has 98 valence electrons. The smallest absolute Gasteiger partial charge is 0.207 e. The lowest BCUT2D eigenvalue weighted by Crippen LogP contribution is -2.09. The van der Waals surface area contributed by atoms with Gasteiger partial charge in [0, 0.05) is 16.2 Å². The maximum absolute atomic E-state index is 12.5. The summed E-state index contributed by atoms with van der Waals surface area (Å²) in [5.74, 6) is -0.442. The average molecular weight is 318 g/mol. The van der Waals surface area contributed by atoms with E-state index < -0.39 is 37.1 Å². The van der Waals surface area contributed by atoms with Crippen LogP contribution in [0, 0.1) is 11.3 Å². The molecule has 3 nitrogen and oxygen atoms in total. The third-order valence-electron chi connectivity index (χ3n) is 2.05. The predicted octanol–water partition coefficient (Wildman–Crippen LogP) is 3.24. The lowest BCUT2D eigenvalue weighted by molar-refractivity contribution is -0.137. The Morgan fingerprint density at radius 2 is 1.89 bits per heavy atom. The molecule has 1 rings (SSSR count). The fourth-order valence-corrected chi connectivity index (χ4v) is 2.79. The van der Waals surface area contributed by atoms with Crippen molar-refractivity contribution in [1.82, 2.24) is 0 Å². The largest absolute Gasteiger partial charge is 0.416 e. The van der Waals surface area contributed by atoms with E-state index in [0.29, 0.717) is 12.1 Å². The van der Waals surface area contributed by atoms with E-state index in [1.807, 2.05) is 0 Å². The van der Waals surface area contributed by atoms with Crippen molar-refractivity contribution in [2.75, 3.05) is 0 Å². The maximum Gasteiger partial charge on any atom is 0.416 e. The van der Waals surface area contributed by atoms with Gasteiger partial charge in [-0.3, -0.25) is 0 Å². The highest BCUT2D eigenvalue weighted by molar-refractivity contribution is 8.13. The van der Waals surface area contributed by atoms with Gasteiger partial charge < -0.3 is 0 Å². The molecule has 0 heterocycles. The molecule has 18 heavy (non-hydrogen) atoms. The average Bonchev–Trinajstić information content (AvgIpc) is 2.24. The van der Waals surface area contributed by atoms with Gasteiger partial charge in [0.1, 0.15) is 0 Å². The SMILES string of the molecule is N#Cc1cc(C(F)(F)F)cc(S(=O)(=O)Cl)c1CCl. The number of alkyl halides is 4. The van der Waals surface area contributed by atoms with Crippen molar-refractivity contribution in [3.8, 4) is 6.07 Å². The molecule has 0 radical (unpaired) electrons. The van der Waals surface area contributed by atoms with E-state index in [1.54, 1.807) is 0 Å². The Labute approximate surface area is 110 Å². The molecule has 0 aliphatic heterocycles. The van der Waals surface area contributed by atoms with Crippen molar-refractivity contribution < 1.29 is 21.6 Å². The molecule has 1 aromatic carbocycles. The molecule has 0 unspecified atom stereocenters. The Morgan fingerprint density at radius 1 is 1.33 bits per heavy atom. The molecule has 0 fully saturated rings. The van der Waals surface area contributed by atoms with Gasteiger partial charge in [-0.15, -0.1) is 11.6 Å². The number of hydrogen-bond acceptors (Lipinski definition) is 3. The van der Waals surface area contributed by atoms with Crippen LogP contribution in [-0.2, 0) is 21.1 Å². The minimum atomic E-state index is -4.78. The molecule has 0 saturated carbocycles. The van der Waals surface area contributed by atoms with Crippen molar-refractivity contribution in [2.24, 2.45) is 0 Å². The van der Waals surface area contributed by atoms with Gasteiger partial charge in [0.2, 0.25) is 0 Å². The van der Waals surface area contributed by atoms with E-state index in [9.17, 15) is 21.6 Å².